The SMILES string of the molecule is CC(C)(C)Oc1cccc(CC[Si])c1I. The van der Waals surface area contributed by atoms with Crippen molar-refractivity contribution in [1.29, 1.82) is 0 Å². The molecule has 0 saturated carbocycles. The predicted molar refractivity (Wildman–Crippen MR) is 73.8 cm³/mol. The van der Waals surface area contributed by atoms with E-state index in [2.05, 4.69) is 65.7 Å². The van der Waals surface area contributed by atoms with Crippen molar-refractivity contribution in [2.45, 2.75) is 38.8 Å². The van der Waals surface area contributed by atoms with Gasteiger partial charge in [0.2, 0.25) is 0 Å². The van der Waals surface area contributed by atoms with Crippen LogP contribution in [0.1, 0.15) is 26.3 Å². The van der Waals surface area contributed by atoms with Gasteiger partial charge in [0.15, 0.2) is 0 Å². The summed E-state index contributed by atoms with van der Waals surface area (Å²) in [7, 11) is 3.51. The molecule has 1 aromatic rings. The molecule has 0 aromatic heterocycles. The molecule has 0 bridgehead atoms. The molecular weight excluding hydrogens is 315 g/mol. The Morgan fingerprint density at radius 2 is 2.00 bits per heavy atom. The molecule has 0 atom stereocenters. The van der Waals surface area contributed by atoms with Crippen LogP contribution in [-0.4, -0.2) is 15.8 Å². The van der Waals surface area contributed by atoms with E-state index < -0.39 is 0 Å². The summed E-state index contributed by atoms with van der Waals surface area (Å²) < 4.78 is 7.12. The minimum atomic E-state index is -0.132. The Hall–Kier alpha value is -0.0331. The normalized spacial score (nSPS) is 11.5. The molecule has 3 heteroatoms. The number of hydrogen-bond acceptors (Lipinski definition) is 1. The maximum atomic E-state index is 5.90. The van der Waals surface area contributed by atoms with Crippen LogP contribution in [0.15, 0.2) is 18.2 Å². The lowest BCUT2D eigenvalue weighted by Gasteiger charge is -2.23. The summed E-state index contributed by atoms with van der Waals surface area (Å²) in [4.78, 5) is 0. The van der Waals surface area contributed by atoms with Crippen LogP contribution in [0.3, 0.4) is 0 Å². The third-order valence-corrected chi connectivity index (χ3v) is 3.33. The van der Waals surface area contributed by atoms with Gasteiger partial charge in [-0.25, -0.2) is 0 Å². The van der Waals surface area contributed by atoms with Crippen LogP contribution in [0, 0.1) is 3.57 Å². The first-order valence-electron chi connectivity index (χ1n) is 5.05. The number of ether oxygens (including phenoxy) is 1. The molecule has 0 fully saturated rings. The molecule has 0 spiro atoms. The highest BCUT2D eigenvalue weighted by Crippen LogP contribution is 2.28. The largest absolute Gasteiger partial charge is 0.487 e. The molecule has 0 aliphatic rings. The van der Waals surface area contributed by atoms with Gasteiger partial charge in [0.25, 0.3) is 0 Å². The van der Waals surface area contributed by atoms with Crippen LogP contribution in [0.5, 0.6) is 5.75 Å². The predicted octanol–water partition coefficient (Wildman–Crippen LogP) is 3.60. The minimum absolute atomic E-state index is 0.132. The summed E-state index contributed by atoms with van der Waals surface area (Å²) in [6.07, 6.45) is 1.04. The smallest absolute Gasteiger partial charge is 0.133 e. The van der Waals surface area contributed by atoms with Crippen LogP contribution < -0.4 is 4.74 Å². The van der Waals surface area contributed by atoms with Crippen LogP contribution in [0.4, 0.5) is 0 Å². The van der Waals surface area contributed by atoms with Crippen LogP contribution in [0.25, 0.3) is 0 Å². The average Bonchev–Trinajstić information content (AvgIpc) is 2.10. The van der Waals surface area contributed by atoms with Crippen molar-refractivity contribution >= 4 is 32.8 Å². The van der Waals surface area contributed by atoms with Gasteiger partial charge in [0.1, 0.15) is 11.4 Å². The molecule has 0 saturated heterocycles. The first-order valence-corrected chi connectivity index (χ1v) is 6.83. The van der Waals surface area contributed by atoms with Gasteiger partial charge in [-0.05, 0) is 61.4 Å². The zero-order chi connectivity index (χ0) is 11.5. The summed E-state index contributed by atoms with van der Waals surface area (Å²) in [6.45, 7) is 6.21. The van der Waals surface area contributed by atoms with Crippen molar-refractivity contribution in [3.05, 3.63) is 27.3 Å². The molecule has 15 heavy (non-hydrogen) atoms. The number of benzene rings is 1. The van der Waals surface area contributed by atoms with Crippen molar-refractivity contribution in [3.63, 3.8) is 0 Å². The second kappa shape index (κ2) is 5.34. The topological polar surface area (TPSA) is 9.23 Å². The van der Waals surface area contributed by atoms with E-state index in [-0.39, 0.29) is 5.60 Å². The summed E-state index contributed by atoms with van der Waals surface area (Å²) in [5, 5.41) is 0. The molecule has 1 aromatic carbocycles. The fraction of sp³-hybridized carbons (Fsp3) is 0.500. The second-order valence-corrected chi connectivity index (χ2v) is 6.02. The van der Waals surface area contributed by atoms with Gasteiger partial charge in [-0.1, -0.05) is 18.2 Å². The first kappa shape index (κ1) is 13.0. The zero-order valence-electron chi connectivity index (χ0n) is 9.43. The Morgan fingerprint density at radius 1 is 1.33 bits per heavy atom. The highest BCUT2D eigenvalue weighted by molar-refractivity contribution is 14.1. The third kappa shape index (κ3) is 4.15. The van der Waals surface area contributed by atoms with Crippen molar-refractivity contribution in [1.82, 2.24) is 0 Å². The molecule has 3 radical (unpaired) electrons. The monoisotopic (exact) mass is 331 g/mol. The van der Waals surface area contributed by atoms with E-state index in [1.165, 1.54) is 9.13 Å². The zero-order valence-corrected chi connectivity index (χ0v) is 12.6. The van der Waals surface area contributed by atoms with Crippen molar-refractivity contribution < 1.29 is 4.74 Å². The molecule has 0 amide bonds. The van der Waals surface area contributed by atoms with E-state index >= 15 is 0 Å². The minimum Gasteiger partial charge on any atom is -0.487 e. The highest BCUT2D eigenvalue weighted by Gasteiger charge is 2.14. The van der Waals surface area contributed by atoms with Crippen molar-refractivity contribution in [2.75, 3.05) is 0 Å². The summed E-state index contributed by atoms with van der Waals surface area (Å²) in [6, 6.07) is 7.22. The summed E-state index contributed by atoms with van der Waals surface area (Å²) in [5.41, 5.74) is 1.21. The highest BCUT2D eigenvalue weighted by atomic mass is 127. The van der Waals surface area contributed by atoms with Crippen LogP contribution >= 0.6 is 22.6 Å². The van der Waals surface area contributed by atoms with E-state index in [1.54, 1.807) is 0 Å². The second-order valence-electron chi connectivity index (χ2n) is 4.44. The Morgan fingerprint density at radius 3 is 2.53 bits per heavy atom. The van der Waals surface area contributed by atoms with Crippen LogP contribution in [0.2, 0.25) is 6.04 Å². The van der Waals surface area contributed by atoms with Crippen LogP contribution in [-0.2, 0) is 6.42 Å². The first-order chi connectivity index (χ1) is 6.94. The fourth-order valence-corrected chi connectivity index (χ4v) is 2.30. The van der Waals surface area contributed by atoms with Gasteiger partial charge in [-0.3, -0.25) is 0 Å². The van der Waals surface area contributed by atoms with E-state index in [4.69, 9.17) is 4.74 Å². The molecule has 81 valence electrons. The molecule has 1 rings (SSSR count). The quantitative estimate of drug-likeness (QED) is 0.607. The lowest BCUT2D eigenvalue weighted by molar-refractivity contribution is 0.129. The summed E-state index contributed by atoms with van der Waals surface area (Å²) in [5.74, 6) is 0.987. The van der Waals surface area contributed by atoms with Gasteiger partial charge >= 0.3 is 0 Å². The number of hydrogen-bond donors (Lipinski definition) is 0. The molecule has 0 unspecified atom stereocenters. The molecule has 0 heterocycles. The van der Waals surface area contributed by atoms with Gasteiger partial charge in [-0.2, -0.15) is 0 Å². The molecular formula is C12H16IOSi. The lowest BCUT2D eigenvalue weighted by Crippen LogP contribution is -2.23. The standard InChI is InChI=1S/C12H16IOSi/c1-12(2,3)14-10-6-4-5-9(7-8-15)11(10)13/h4-6H,7-8H2,1-3H3. The maximum absolute atomic E-state index is 5.90. The average molecular weight is 331 g/mol. The molecule has 1 nitrogen and oxygen atoms in total. The Balaban J connectivity index is 2.94. The fourth-order valence-electron chi connectivity index (χ4n) is 1.29. The van der Waals surface area contributed by atoms with Gasteiger partial charge < -0.3 is 4.74 Å². The summed E-state index contributed by atoms with van der Waals surface area (Å²) >= 11 is 2.36. The third-order valence-electron chi connectivity index (χ3n) is 1.85. The van der Waals surface area contributed by atoms with Gasteiger partial charge in [-0.15, -0.1) is 0 Å². The molecule has 0 aliphatic heterocycles. The van der Waals surface area contributed by atoms with Crippen molar-refractivity contribution in [3.8, 4) is 5.75 Å². The molecule has 0 aliphatic carbocycles. The van der Waals surface area contributed by atoms with E-state index in [1.807, 2.05) is 6.07 Å². The number of aryl methyl sites for hydroxylation is 1. The maximum Gasteiger partial charge on any atom is 0.133 e. The van der Waals surface area contributed by atoms with Gasteiger partial charge in [0.05, 0.1) is 3.57 Å². The Bertz CT molecular complexity index is 331. The number of rotatable bonds is 3. The molecule has 0 N–H and O–H groups in total. The number of halogens is 1. The Kier molecular flexibility index (Phi) is 4.64. The Labute approximate surface area is 109 Å². The van der Waals surface area contributed by atoms with Crippen molar-refractivity contribution in [2.24, 2.45) is 0 Å². The van der Waals surface area contributed by atoms with E-state index in [0.29, 0.717) is 0 Å². The lowest BCUT2D eigenvalue weighted by atomic mass is 10.1. The van der Waals surface area contributed by atoms with E-state index in [9.17, 15) is 0 Å². The van der Waals surface area contributed by atoms with E-state index in [0.717, 1.165) is 18.2 Å². The van der Waals surface area contributed by atoms with Gasteiger partial charge in [0, 0.05) is 10.2 Å².